The van der Waals surface area contributed by atoms with E-state index in [-0.39, 0.29) is 12.1 Å². The van der Waals surface area contributed by atoms with Crippen molar-refractivity contribution in [3.05, 3.63) is 77.0 Å². The van der Waals surface area contributed by atoms with Gasteiger partial charge in [0, 0.05) is 17.0 Å². The standard InChI is InChI=1S/C19H19N3OS/c1-12-8-10-15(11-9-12)21-18(24)16-13(2)20-19(23)22-17(16)14-6-4-3-5-7-14/h3-11,17H,1-2H3,(H,21,24)(H2,20,22,23)/t17-/m0/s1. The van der Waals surface area contributed by atoms with Gasteiger partial charge in [-0.05, 0) is 31.5 Å². The van der Waals surface area contributed by atoms with E-state index in [2.05, 4.69) is 16.0 Å². The van der Waals surface area contributed by atoms with Crippen LogP contribution in [-0.4, -0.2) is 11.0 Å². The van der Waals surface area contributed by atoms with Gasteiger partial charge in [-0.1, -0.05) is 60.2 Å². The van der Waals surface area contributed by atoms with Crippen LogP contribution in [0, 0.1) is 6.92 Å². The van der Waals surface area contributed by atoms with Gasteiger partial charge in [-0.15, -0.1) is 0 Å². The summed E-state index contributed by atoms with van der Waals surface area (Å²) in [5, 5.41) is 9.03. The number of benzene rings is 2. The molecule has 3 N–H and O–H groups in total. The van der Waals surface area contributed by atoms with E-state index in [9.17, 15) is 4.79 Å². The molecule has 1 aliphatic rings. The van der Waals surface area contributed by atoms with Gasteiger partial charge in [0.15, 0.2) is 0 Å². The lowest BCUT2D eigenvalue weighted by molar-refractivity contribution is 0.239. The molecule has 1 heterocycles. The molecule has 0 saturated carbocycles. The number of carbonyl (C=O) groups excluding carboxylic acids is 1. The minimum Gasteiger partial charge on any atom is -0.346 e. The van der Waals surface area contributed by atoms with Crippen molar-refractivity contribution in [2.45, 2.75) is 19.9 Å². The molecule has 1 atom stereocenters. The number of nitrogens with one attached hydrogen (secondary N) is 3. The average Bonchev–Trinajstić information content (AvgIpc) is 2.57. The highest BCUT2D eigenvalue weighted by Gasteiger charge is 2.28. The molecule has 2 amide bonds. The molecule has 2 aromatic carbocycles. The van der Waals surface area contributed by atoms with Crippen molar-refractivity contribution in [2.24, 2.45) is 0 Å². The van der Waals surface area contributed by atoms with Gasteiger partial charge < -0.3 is 16.0 Å². The van der Waals surface area contributed by atoms with E-state index in [4.69, 9.17) is 12.2 Å². The van der Waals surface area contributed by atoms with Crippen LogP contribution in [0.4, 0.5) is 10.5 Å². The molecule has 0 bridgehead atoms. The fraction of sp³-hybridized carbons (Fsp3) is 0.158. The summed E-state index contributed by atoms with van der Waals surface area (Å²) in [6.07, 6.45) is 0. The molecule has 0 aliphatic carbocycles. The topological polar surface area (TPSA) is 53.2 Å². The van der Waals surface area contributed by atoms with Crippen LogP contribution < -0.4 is 16.0 Å². The van der Waals surface area contributed by atoms with Crippen LogP contribution in [0.15, 0.2) is 65.9 Å². The van der Waals surface area contributed by atoms with Crippen molar-refractivity contribution in [3.63, 3.8) is 0 Å². The molecule has 4 nitrogen and oxygen atoms in total. The molecule has 0 radical (unpaired) electrons. The van der Waals surface area contributed by atoms with E-state index in [0.717, 1.165) is 22.5 Å². The van der Waals surface area contributed by atoms with Crippen LogP contribution in [0.1, 0.15) is 24.1 Å². The second kappa shape index (κ2) is 6.84. The third-order valence-electron chi connectivity index (χ3n) is 3.96. The SMILES string of the molecule is CC1=C(C(=S)Nc2ccc(C)cc2)[C@H](c2ccccc2)NC(=O)N1. The van der Waals surface area contributed by atoms with E-state index in [1.165, 1.54) is 5.56 Å². The summed E-state index contributed by atoms with van der Waals surface area (Å²) in [4.78, 5) is 12.5. The summed E-state index contributed by atoms with van der Waals surface area (Å²) in [6, 6.07) is 17.4. The van der Waals surface area contributed by atoms with E-state index in [1.807, 2.05) is 68.4 Å². The van der Waals surface area contributed by atoms with E-state index >= 15 is 0 Å². The zero-order chi connectivity index (χ0) is 17.1. The molecular formula is C19H19N3OS. The zero-order valence-corrected chi connectivity index (χ0v) is 14.4. The first-order valence-corrected chi connectivity index (χ1v) is 8.16. The van der Waals surface area contributed by atoms with Crippen LogP contribution in [0.3, 0.4) is 0 Å². The Morgan fingerprint density at radius 3 is 2.38 bits per heavy atom. The second-order valence-electron chi connectivity index (χ2n) is 5.80. The van der Waals surface area contributed by atoms with Gasteiger partial charge in [-0.3, -0.25) is 0 Å². The normalized spacial score (nSPS) is 17.1. The minimum atomic E-state index is -0.273. The maximum absolute atomic E-state index is 11.9. The summed E-state index contributed by atoms with van der Waals surface area (Å²) in [5.74, 6) is 0. The van der Waals surface area contributed by atoms with Crippen LogP contribution >= 0.6 is 12.2 Å². The summed E-state index contributed by atoms with van der Waals surface area (Å²) in [5.41, 5.74) is 4.74. The third-order valence-corrected chi connectivity index (χ3v) is 4.28. The number of carbonyl (C=O) groups is 1. The predicted molar refractivity (Wildman–Crippen MR) is 101 cm³/mol. The Hall–Kier alpha value is -2.66. The average molecular weight is 337 g/mol. The molecule has 5 heteroatoms. The number of rotatable bonds is 3. The number of thiocarbonyl (C=S) groups is 1. The maximum atomic E-state index is 11.9. The fourth-order valence-corrected chi connectivity index (χ4v) is 3.11. The smallest absolute Gasteiger partial charge is 0.319 e. The molecule has 0 unspecified atom stereocenters. The van der Waals surface area contributed by atoms with Gasteiger partial charge in [-0.2, -0.15) is 0 Å². The van der Waals surface area contributed by atoms with Gasteiger partial charge in [0.2, 0.25) is 0 Å². The summed E-state index contributed by atoms with van der Waals surface area (Å²) < 4.78 is 0. The Labute approximate surface area is 147 Å². The van der Waals surface area contributed by atoms with Gasteiger partial charge in [0.25, 0.3) is 0 Å². The first-order valence-electron chi connectivity index (χ1n) is 7.76. The van der Waals surface area contributed by atoms with E-state index in [0.29, 0.717) is 4.99 Å². The molecule has 1 aliphatic heterocycles. The number of amides is 2. The number of urea groups is 1. The predicted octanol–water partition coefficient (Wildman–Crippen LogP) is 4.06. The quantitative estimate of drug-likeness (QED) is 0.740. The highest BCUT2D eigenvalue weighted by molar-refractivity contribution is 7.81. The number of hydrogen-bond acceptors (Lipinski definition) is 2. The fourth-order valence-electron chi connectivity index (χ4n) is 2.73. The maximum Gasteiger partial charge on any atom is 0.319 e. The van der Waals surface area contributed by atoms with Crippen LogP contribution in [0.25, 0.3) is 0 Å². The third kappa shape index (κ3) is 3.46. The first kappa shape index (κ1) is 16.2. The Morgan fingerprint density at radius 2 is 1.71 bits per heavy atom. The van der Waals surface area contributed by atoms with Crippen molar-refractivity contribution < 1.29 is 4.79 Å². The van der Waals surface area contributed by atoms with Crippen molar-refractivity contribution in [1.29, 1.82) is 0 Å². The molecule has 0 saturated heterocycles. The molecule has 122 valence electrons. The highest BCUT2D eigenvalue weighted by Crippen LogP contribution is 2.28. The number of aryl methyl sites for hydroxylation is 1. The monoisotopic (exact) mass is 337 g/mol. The Kier molecular flexibility index (Phi) is 4.62. The van der Waals surface area contributed by atoms with Crippen molar-refractivity contribution in [1.82, 2.24) is 10.6 Å². The molecule has 3 rings (SSSR count). The molecular weight excluding hydrogens is 318 g/mol. The number of anilines is 1. The van der Waals surface area contributed by atoms with Crippen molar-refractivity contribution >= 4 is 28.9 Å². The van der Waals surface area contributed by atoms with Crippen molar-refractivity contribution in [2.75, 3.05) is 5.32 Å². The molecule has 0 fully saturated rings. The lowest BCUT2D eigenvalue weighted by Crippen LogP contribution is -2.45. The zero-order valence-electron chi connectivity index (χ0n) is 13.6. The van der Waals surface area contributed by atoms with Gasteiger partial charge >= 0.3 is 6.03 Å². The Morgan fingerprint density at radius 1 is 1.04 bits per heavy atom. The van der Waals surface area contributed by atoms with Crippen molar-refractivity contribution in [3.8, 4) is 0 Å². The van der Waals surface area contributed by atoms with E-state index in [1.54, 1.807) is 0 Å². The summed E-state index contributed by atoms with van der Waals surface area (Å²) in [7, 11) is 0. The van der Waals surface area contributed by atoms with E-state index < -0.39 is 0 Å². The number of allylic oxidation sites excluding steroid dienone is 1. The van der Waals surface area contributed by atoms with Crippen LogP contribution in [0.5, 0.6) is 0 Å². The lowest BCUT2D eigenvalue weighted by Gasteiger charge is -2.30. The summed E-state index contributed by atoms with van der Waals surface area (Å²) >= 11 is 5.62. The molecule has 0 spiro atoms. The highest BCUT2D eigenvalue weighted by atomic mass is 32.1. The second-order valence-corrected chi connectivity index (χ2v) is 6.21. The van der Waals surface area contributed by atoms with Gasteiger partial charge in [0.05, 0.1) is 6.04 Å². The minimum absolute atomic E-state index is 0.219. The van der Waals surface area contributed by atoms with Crippen LogP contribution in [0.2, 0.25) is 0 Å². The molecule has 0 aromatic heterocycles. The van der Waals surface area contributed by atoms with Gasteiger partial charge in [0.1, 0.15) is 4.99 Å². The Bertz CT molecular complexity index is 797. The first-order chi connectivity index (χ1) is 11.5. The van der Waals surface area contributed by atoms with Crippen LogP contribution in [-0.2, 0) is 0 Å². The summed E-state index contributed by atoms with van der Waals surface area (Å²) in [6.45, 7) is 3.91. The largest absolute Gasteiger partial charge is 0.346 e. The molecule has 2 aromatic rings. The number of hydrogen-bond donors (Lipinski definition) is 3. The Balaban J connectivity index is 1.92. The lowest BCUT2D eigenvalue weighted by atomic mass is 9.95. The van der Waals surface area contributed by atoms with Gasteiger partial charge in [-0.25, -0.2) is 4.79 Å². The molecule has 24 heavy (non-hydrogen) atoms.